The molecule has 1 aliphatic heterocycles. The average Bonchev–Trinajstić information content (AvgIpc) is 3.12. The number of nitriles is 1. The summed E-state index contributed by atoms with van der Waals surface area (Å²) in [6.07, 6.45) is 4.75. The van der Waals surface area contributed by atoms with E-state index in [1.54, 1.807) is 0 Å². The summed E-state index contributed by atoms with van der Waals surface area (Å²) in [7, 11) is 0. The van der Waals surface area contributed by atoms with E-state index in [1.807, 2.05) is 22.9 Å². The van der Waals surface area contributed by atoms with Crippen LogP contribution < -0.4 is 10.6 Å². The van der Waals surface area contributed by atoms with Crippen LogP contribution in [-0.2, 0) is 22.7 Å². The maximum absolute atomic E-state index is 9.10. The Morgan fingerprint density at radius 2 is 1.73 bits per heavy atom. The van der Waals surface area contributed by atoms with E-state index in [0.717, 1.165) is 30.6 Å². The molecule has 0 aliphatic carbocycles. The van der Waals surface area contributed by atoms with Gasteiger partial charge in [0.1, 0.15) is 0 Å². The molecule has 3 rings (SSSR count). The highest BCUT2D eigenvalue weighted by Crippen LogP contribution is 2.29. The summed E-state index contributed by atoms with van der Waals surface area (Å²) in [5, 5.41) is 35.9. The first-order chi connectivity index (χ1) is 15.4. The summed E-state index contributed by atoms with van der Waals surface area (Å²) in [6.45, 7) is 10.5. The van der Waals surface area contributed by atoms with Crippen LogP contribution in [0.15, 0.2) is 36.5 Å². The van der Waals surface area contributed by atoms with E-state index in [1.165, 1.54) is 5.56 Å². The quantitative estimate of drug-likeness (QED) is 0.487. The zero-order valence-corrected chi connectivity index (χ0v) is 19.6. The topological polar surface area (TPSA) is 140 Å². The van der Waals surface area contributed by atoms with Crippen molar-refractivity contribution in [3.8, 4) is 17.3 Å². The Kier molecular flexibility index (Phi) is 8.74. The number of nitrogens with one attached hydrogen (secondary N) is 2. The number of nitrogens with zero attached hydrogens (tertiary/aromatic N) is 3. The van der Waals surface area contributed by atoms with Gasteiger partial charge in [-0.15, -0.1) is 0 Å². The van der Waals surface area contributed by atoms with Crippen LogP contribution >= 0.6 is 0 Å². The number of carboxylic acids is 2. The molecule has 1 aromatic carbocycles. The third-order valence-electron chi connectivity index (χ3n) is 5.29. The molecule has 0 saturated carbocycles. The van der Waals surface area contributed by atoms with Gasteiger partial charge in [0.15, 0.2) is 0 Å². The normalized spacial score (nSPS) is 16.8. The Hall–Kier alpha value is -3.22. The predicted octanol–water partition coefficient (Wildman–Crippen LogP) is 3.02. The largest absolute Gasteiger partial charge is 0.473 e. The monoisotopic (exact) mass is 455 g/mol. The van der Waals surface area contributed by atoms with Gasteiger partial charge < -0.3 is 20.8 Å². The zero-order valence-electron chi connectivity index (χ0n) is 19.6. The van der Waals surface area contributed by atoms with Crippen molar-refractivity contribution in [2.75, 3.05) is 0 Å². The van der Waals surface area contributed by atoms with Gasteiger partial charge in [-0.25, -0.2) is 9.59 Å². The number of rotatable bonds is 6. The number of aryl methyl sites for hydroxylation is 1. The molecule has 0 radical (unpaired) electrons. The van der Waals surface area contributed by atoms with E-state index < -0.39 is 11.9 Å². The molecule has 1 fully saturated rings. The minimum Gasteiger partial charge on any atom is -0.473 e. The van der Waals surface area contributed by atoms with E-state index in [4.69, 9.17) is 30.2 Å². The van der Waals surface area contributed by atoms with Gasteiger partial charge in [0, 0.05) is 41.0 Å². The number of aromatic nitrogens is 2. The second-order valence-corrected chi connectivity index (χ2v) is 9.53. The van der Waals surface area contributed by atoms with Crippen LogP contribution in [0.3, 0.4) is 0 Å². The van der Waals surface area contributed by atoms with Gasteiger partial charge in [-0.05, 0) is 40.5 Å². The van der Waals surface area contributed by atoms with E-state index in [9.17, 15) is 0 Å². The molecule has 0 spiro atoms. The van der Waals surface area contributed by atoms with Crippen molar-refractivity contribution >= 4 is 11.9 Å². The fourth-order valence-electron chi connectivity index (χ4n) is 4.43. The maximum atomic E-state index is 9.10. The lowest BCUT2D eigenvalue weighted by Crippen LogP contribution is -2.61. The molecule has 0 amide bonds. The summed E-state index contributed by atoms with van der Waals surface area (Å²) in [5.41, 5.74) is 3.56. The van der Waals surface area contributed by atoms with Gasteiger partial charge in [0.05, 0.1) is 24.7 Å². The average molecular weight is 456 g/mol. The van der Waals surface area contributed by atoms with Crippen LogP contribution in [0.25, 0.3) is 11.3 Å². The van der Waals surface area contributed by atoms with Crippen LogP contribution in [-0.4, -0.2) is 49.1 Å². The van der Waals surface area contributed by atoms with Crippen LogP contribution in [0.5, 0.6) is 0 Å². The number of carboxylic acid groups (broad SMARTS) is 2. The van der Waals surface area contributed by atoms with Crippen LogP contribution in [0.4, 0.5) is 0 Å². The van der Waals surface area contributed by atoms with Gasteiger partial charge >= 0.3 is 11.9 Å². The Balaban J connectivity index is 0.000000569. The second kappa shape index (κ2) is 11.1. The minimum atomic E-state index is -1.82. The predicted molar refractivity (Wildman–Crippen MR) is 124 cm³/mol. The standard InChI is InChI=1S/C22H31N5.C2H2O4/c1-21(2)13-19(14-22(3,4)26-21)24-15-18-16-27(12-8-11-23)25-20(18)17-9-6-5-7-10-17;3-1(4)2(5)6/h5-7,9-10,16,19,24,26H,8,12-15H2,1-4H3;(H,3,4)(H,5,6). The second-order valence-electron chi connectivity index (χ2n) is 9.53. The maximum Gasteiger partial charge on any atom is 0.414 e. The minimum absolute atomic E-state index is 0.124. The van der Waals surface area contributed by atoms with Crippen molar-refractivity contribution in [3.05, 3.63) is 42.1 Å². The van der Waals surface area contributed by atoms with Crippen LogP contribution in [0.1, 0.15) is 52.5 Å². The molecule has 2 aromatic rings. The van der Waals surface area contributed by atoms with Gasteiger partial charge in [-0.3, -0.25) is 4.68 Å². The molecule has 33 heavy (non-hydrogen) atoms. The molecule has 178 valence electrons. The fourth-order valence-corrected chi connectivity index (χ4v) is 4.43. The van der Waals surface area contributed by atoms with Gasteiger partial charge in [-0.1, -0.05) is 30.3 Å². The molecule has 0 unspecified atom stereocenters. The first-order valence-corrected chi connectivity index (χ1v) is 10.9. The van der Waals surface area contributed by atoms with Gasteiger partial charge in [0.2, 0.25) is 0 Å². The highest BCUT2D eigenvalue weighted by atomic mass is 16.4. The lowest BCUT2D eigenvalue weighted by atomic mass is 9.79. The zero-order chi connectivity index (χ0) is 24.6. The van der Waals surface area contributed by atoms with E-state index in [2.05, 4.69) is 62.7 Å². The Morgan fingerprint density at radius 3 is 2.24 bits per heavy atom. The van der Waals surface area contributed by atoms with Crippen molar-refractivity contribution in [2.45, 2.75) is 77.2 Å². The highest BCUT2D eigenvalue weighted by molar-refractivity contribution is 6.27. The number of benzene rings is 1. The SMILES string of the molecule is CC1(C)CC(NCc2cn(CCC#N)nc2-c2ccccc2)CC(C)(C)N1.O=C(O)C(=O)O. The van der Waals surface area contributed by atoms with Crippen LogP contribution in [0, 0.1) is 11.3 Å². The number of hydrogen-bond donors (Lipinski definition) is 4. The third kappa shape index (κ3) is 8.33. The number of carbonyl (C=O) groups is 2. The number of hydrogen-bond acceptors (Lipinski definition) is 6. The summed E-state index contributed by atoms with van der Waals surface area (Å²) < 4.78 is 1.90. The molecule has 9 nitrogen and oxygen atoms in total. The molecule has 0 bridgehead atoms. The third-order valence-corrected chi connectivity index (χ3v) is 5.29. The summed E-state index contributed by atoms with van der Waals surface area (Å²) in [6, 6.07) is 13.0. The number of aliphatic carboxylic acids is 2. The lowest BCUT2D eigenvalue weighted by Gasteiger charge is -2.46. The molecule has 2 heterocycles. The Bertz CT molecular complexity index is 964. The summed E-state index contributed by atoms with van der Waals surface area (Å²) in [4.78, 5) is 18.2. The summed E-state index contributed by atoms with van der Waals surface area (Å²) in [5.74, 6) is -3.65. The van der Waals surface area contributed by atoms with Gasteiger partial charge in [-0.2, -0.15) is 10.4 Å². The molecule has 1 aliphatic rings. The lowest BCUT2D eigenvalue weighted by molar-refractivity contribution is -0.159. The molecule has 9 heteroatoms. The van der Waals surface area contributed by atoms with Crippen molar-refractivity contribution in [1.29, 1.82) is 5.26 Å². The van der Waals surface area contributed by atoms with Crippen molar-refractivity contribution < 1.29 is 19.8 Å². The van der Waals surface area contributed by atoms with Crippen LogP contribution in [0.2, 0.25) is 0 Å². The Morgan fingerprint density at radius 1 is 1.15 bits per heavy atom. The van der Waals surface area contributed by atoms with Crippen molar-refractivity contribution in [3.63, 3.8) is 0 Å². The van der Waals surface area contributed by atoms with Crippen molar-refractivity contribution in [2.24, 2.45) is 0 Å². The molecule has 4 N–H and O–H groups in total. The van der Waals surface area contributed by atoms with E-state index in [0.29, 0.717) is 19.0 Å². The molecular formula is C24H33N5O4. The Labute approximate surface area is 194 Å². The highest BCUT2D eigenvalue weighted by Gasteiger charge is 2.37. The fraction of sp³-hybridized carbons (Fsp3) is 0.500. The molecule has 1 saturated heterocycles. The molecule has 0 atom stereocenters. The molecular weight excluding hydrogens is 422 g/mol. The van der Waals surface area contributed by atoms with E-state index >= 15 is 0 Å². The van der Waals surface area contributed by atoms with Crippen molar-refractivity contribution in [1.82, 2.24) is 20.4 Å². The molecule has 1 aromatic heterocycles. The first kappa shape index (κ1) is 26.0. The summed E-state index contributed by atoms with van der Waals surface area (Å²) >= 11 is 0. The number of piperidine rings is 1. The van der Waals surface area contributed by atoms with Gasteiger partial charge in [0.25, 0.3) is 0 Å². The smallest absolute Gasteiger partial charge is 0.414 e. The first-order valence-electron chi connectivity index (χ1n) is 10.9. The van der Waals surface area contributed by atoms with E-state index in [-0.39, 0.29) is 11.1 Å².